The van der Waals surface area contributed by atoms with Gasteiger partial charge in [-0.1, -0.05) is 18.2 Å². The van der Waals surface area contributed by atoms with Gasteiger partial charge < -0.3 is 4.74 Å². The van der Waals surface area contributed by atoms with Crippen LogP contribution in [0.4, 0.5) is 0 Å². The van der Waals surface area contributed by atoms with Gasteiger partial charge in [-0.05, 0) is 6.08 Å². The first-order valence-electron chi connectivity index (χ1n) is 3.26. The largest absolute Gasteiger partial charge is 0.349 e. The van der Waals surface area contributed by atoms with Gasteiger partial charge in [-0.15, -0.1) is 0 Å². The van der Waals surface area contributed by atoms with Crippen LogP contribution in [0.5, 0.6) is 0 Å². The Balaban J connectivity index is 2.41. The quantitative estimate of drug-likeness (QED) is 0.374. The smallest absolute Gasteiger partial charge is 0.172 e. The Bertz CT molecular complexity index is 246. The summed E-state index contributed by atoms with van der Waals surface area (Å²) in [5, 5.41) is 0. The van der Waals surface area contributed by atoms with Crippen LogP contribution in [0.15, 0.2) is 24.3 Å². The standard InChI is InChI=1S/C7H6O2/c8-5-7-4-2-1-3-6(7)9-7/h1-6H/i6D. The molecular formula is C7H6O2. The molecule has 0 aromatic rings. The van der Waals surface area contributed by atoms with Crippen molar-refractivity contribution >= 4 is 6.29 Å². The fraction of sp³-hybridized carbons (Fsp3) is 0.286. The first-order chi connectivity index (χ1) is 4.72. The molecule has 0 aromatic carbocycles. The second-order valence-electron chi connectivity index (χ2n) is 2.10. The molecule has 1 aliphatic heterocycles. The molecule has 0 spiro atoms. The summed E-state index contributed by atoms with van der Waals surface area (Å²) in [7, 11) is 0. The van der Waals surface area contributed by atoms with Crippen molar-refractivity contribution < 1.29 is 10.9 Å². The minimum absolute atomic E-state index is 0.667. The van der Waals surface area contributed by atoms with Crippen LogP contribution < -0.4 is 0 Å². The lowest BCUT2D eigenvalue weighted by Gasteiger charge is -1.95. The van der Waals surface area contributed by atoms with Gasteiger partial charge in [0.1, 0.15) is 6.08 Å². The lowest BCUT2D eigenvalue weighted by molar-refractivity contribution is -0.110. The first kappa shape index (κ1) is 4.01. The molecular weight excluding hydrogens is 116 g/mol. The van der Waals surface area contributed by atoms with E-state index in [0.29, 0.717) is 6.29 Å². The number of hydrogen-bond donors (Lipinski definition) is 0. The molecule has 2 rings (SSSR count). The van der Waals surface area contributed by atoms with Crippen molar-refractivity contribution in [2.75, 3.05) is 0 Å². The second-order valence-corrected chi connectivity index (χ2v) is 2.10. The number of carbonyl (C=O) groups excluding carboxylic acids is 1. The summed E-state index contributed by atoms with van der Waals surface area (Å²) in [4.78, 5) is 10.4. The summed E-state index contributed by atoms with van der Waals surface area (Å²) >= 11 is 0. The number of carbonyl (C=O) groups is 1. The molecule has 2 aliphatic rings. The Morgan fingerprint density at radius 3 is 3.22 bits per heavy atom. The van der Waals surface area contributed by atoms with Crippen molar-refractivity contribution in [1.29, 1.82) is 0 Å². The fourth-order valence-corrected chi connectivity index (χ4v) is 0.900. The highest BCUT2D eigenvalue weighted by molar-refractivity contribution is 5.73. The SMILES string of the molecule is [2H]C12C=CC=CC1(C=O)O2. The molecule has 1 heterocycles. The van der Waals surface area contributed by atoms with E-state index in [1.54, 1.807) is 24.3 Å². The maximum absolute atomic E-state index is 10.4. The van der Waals surface area contributed by atoms with Gasteiger partial charge in [0.05, 0.1) is 1.37 Å². The van der Waals surface area contributed by atoms with Crippen LogP contribution in [0.1, 0.15) is 1.37 Å². The summed E-state index contributed by atoms with van der Waals surface area (Å²) in [6, 6.07) is 0. The average molecular weight is 123 g/mol. The topological polar surface area (TPSA) is 29.6 Å². The zero-order valence-electron chi connectivity index (χ0n) is 5.70. The molecule has 0 saturated carbocycles. The van der Waals surface area contributed by atoms with Gasteiger partial charge in [0.15, 0.2) is 11.9 Å². The molecule has 9 heavy (non-hydrogen) atoms. The van der Waals surface area contributed by atoms with Crippen LogP contribution in [0.3, 0.4) is 0 Å². The normalized spacial score (nSPS) is 54.0. The van der Waals surface area contributed by atoms with Gasteiger partial charge in [0, 0.05) is 0 Å². The van der Waals surface area contributed by atoms with Crippen molar-refractivity contribution in [3.8, 4) is 0 Å². The Kier molecular flexibility index (Phi) is 0.594. The fourth-order valence-electron chi connectivity index (χ4n) is 0.900. The van der Waals surface area contributed by atoms with E-state index >= 15 is 0 Å². The summed E-state index contributed by atoms with van der Waals surface area (Å²) in [5.74, 6) is 0. The molecule has 1 saturated heterocycles. The number of ether oxygens (including phenoxy) is 1. The van der Waals surface area contributed by atoms with E-state index in [1.165, 1.54) is 0 Å². The number of aldehydes is 1. The van der Waals surface area contributed by atoms with Crippen LogP contribution >= 0.6 is 0 Å². The van der Waals surface area contributed by atoms with Crippen LogP contribution in [-0.4, -0.2) is 18.0 Å². The predicted molar refractivity (Wildman–Crippen MR) is 31.9 cm³/mol. The highest BCUT2D eigenvalue weighted by atomic mass is 16.6. The van der Waals surface area contributed by atoms with Crippen molar-refractivity contribution in [2.24, 2.45) is 0 Å². The van der Waals surface area contributed by atoms with Gasteiger partial charge in [-0.3, -0.25) is 4.79 Å². The van der Waals surface area contributed by atoms with Crippen molar-refractivity contribution in [3.63, 3.8) is 0 Å². The number of hydrogen-bond acceptors (Lipinski definition) is 2. The molecule has 0 radical (unpaired) electrons. The molecule has 2 atom stereocenters. The van der Waals surface area contributed by atoms with Gasteiger partial charge in [-0.25, -0.2) is 0 Å². The maximum atomic E-state index is 10.4. The van der Waals surface area contributed by atoms with E-state index in [9.17, 15) is 4.79 Å². The third kappa shape index (κ3) is 0.508. The molecule has 1 fully saturated rings. The maximum Gasteiger partial charge on any atom is 0.172 e. The molecule has 2 heteroatoms. The molecule has 2 unspecified atom stereocenters. The highest BCUT2D eigenvalue weighted by Crippen LogP contribution is 2.38. The van der Waals surface area contributed by atoms with Crippen molar-refractivity contribution in [3.05, 3.63) is 24.3 Å². The monoisotopic (exact) mass is 123 g/mol. The minimum Gasteiger partial charge on any atom is -0.349 e. The lowest BCUT2D eigenvalue weighted by atomic mass is 10.0. The number of epoxide rings is 1. The third-order valence-corrected chi connectivity index (χ3v) is 1.50. The van der Waals surface area contributed by atoms with Crippen LogP contribution in [0.25, 0.3) is 0 Å². The van der Waals surface area contributed by atoms with E-state index < -0.39 is 11.7 Å². The Morgan fingerprint density at radius 1 is 1.78 bits per heavy atom. The van der Waals surface area contributed by atoms with Crippen molar-refractivity contribution in [1.82, 2.24) is 0 Å². The number of fused-ring (bicyclic) bond motifs is 1. The van der Waals surface area contributed by atoms with Gasteiger partial charge in [0.25, 0.3) is 0 Å². The van der Waals surface area contributed by atoms with E-state index in [-0.39, 0.29) is 0 Å². The number of rotatable bonds is 1. The van der Waals surface area contributed by atoms with E-state index in [0.717, 1.165) is 0 Å². The van der Waals surface area contributed by atoms with Crippen LogP contribution in [-0.2, 0) is 9.53 Å². The molecule has 0 amide bonds. The second kappa shape index (κ2) is 1.33. The zero-order valence-corrected chi connectivity index (χ0v) is 4.70. The Labute approximate surface area is 54.2 Å². The molecule has 0 aromatic heterocycles. The van der Waals surface area contributed by atoms with Crippen LogP contribution in [0.2, 0.25) is 0 Å². The summed E-state index contributed by atoms with van der Waals surface area (Å²) in [6.07, 6.45) is 6.17. The molecule has 0 bridgehead atoms. The summed E-state index contributed by atoms with van der Waals surface area (Å²) < 4.78 is 12.4. The lowest BCUT2D eigenvalue weighted by Crippen LogP contribution is -2.13. The molecule has 2 nitrogen and oxygen atoms in total. The Hall–Kier alpha value is -0.890. The molecule has 1 aliphatic carbocycles. The zero-order chi connectivity index (χ0) is 7.24. The predicted octanol–water partition coefficient (Wildman–Crippen LogP) is 0.449. The highest BCUT2D eigenvalue weighted by Gasteiger charge is 2.53. The molecule has 46 valence electrons. The Morgan fingerprint density at radius 2 is 2.67 bits per heavy atom. The average Bonchev–Trinajstić information content (AvgIpc) is 2.56. The van der Waals surface area contributed by atoms with E-state index in [2.05, 4.69) is 0 Å². The van der Waals surface area contributed by atoms with Crippen molar-refractivity contribution in [2.45, 2.75) is 11.7 Å². The van der Waals surface area contributed by atoms with E-state index in [1.807, 2.05) is 0 Å². The summed E-state index contributed by atoms with van der Waals surface area (Å²) in [5.41, 5.74) is -0.957. The van der Waals surface area contributed by atoms with Gasteiger partial charge in [0.2, 0.25) is 0 Å². The van der Waals surface area contributed by atoms with Crippen LogP contribution in [0, 0.1) is 0 Å². The minimum atomic E-state index is -1.09. The molecule has 0 N–H and O–H groups in total. The van der Waals surface area contributed by atoms with E-state index in [4.69, 9.17) is 6.11 Å². The number of allylic oxidation sites excluding steroid dienone is 2. The van der Waals surface area contributed by atoms with Gasteiger partial charge in [-0.2, -0.15) is 0 Å². The first-order valence-corrected chi connectivity index (χ1v) is 2.76. The third-order valence-electron chi connectivity index (χ3n) is 1.50. The summed E-state index contributed by atoms with van der Waals surface area (Å²) in [6.45, 7) is 0. The van der Waals surface area contributed by atoms with Gasteiger partial charge >= 0.3 is 0 Å².